The van der Waals surface area contributed by atoms with Gasteiger partial charge in [-0.25, -0.2) is 26.7 Å². The van der Waals surface area contributed by atoms with E-state index in [9.17, 15) is 23.6 Å². The van der Waals surface area contributed by atoms with Crippen molar-refractivity contribution in [2.75, 3.05) is 50.7 Å². The Morgan fingerprint density at radius 3 is 2.24 bits per heavy atom. The Balaban J connectivity index is 0.701. The molecule has 2 atom stereocenters. The van der Waals surface area contributed by atoms with Gasteiger partial charge in [-0.3, -0.25) is 29.3 Å². The van der Waals surface area contributed by atoms with Crippen molar-refractivity contribution in [2.24, 2.45) is 24.6 Å². The van der Waals surface area contributed by atoms with Crippen LogP contribution in [0.25, 0.3) is 22.0 Å². The Morgan fingerprint density at radius 2 is 1.55 bits per heavy atom. The number of halogens is 6. The zero-order valence-corrected chi connectivity index (χ0v) is 45.2. The third-order valence-electron chi connectivity index (χ3n) is 17.4. The third-order valence-corrected chi connectivity index (χ3v) is 17.7. The number of nitrogens with zero attached hydrogens (tertiary/aromatic N) is 5. The van der Waals surface area contributed by atoms with E-state index in [1.165, 1.54) is 58.1 Å². The summed E-state index contributed by atoms with van der Waals surface area (Å²) in [6.45, 7) is 5.61. The smallest absolute Gasteiger partial charge is 0.329 e. The summed E-state index contributed by atoms with van der Waals surface area (Å²) in [5.74, 6) is -5.57. The number of benzene rings is 5. The van der Waals surface area contributed by atoms with E-state index in [0.717, 1.165) is 37.8 Å². The standard InChI is InChI=1S/C60H62ClF5N8O6/c1-33-48-46(29-44(64)52(61)51(48)50-41(56(67)76)16-17-45(53(50)65)79-31-35-8-12-39(62)13-9-35)80-60(33,38-6-4-3-5-7-38)32-68-40-14-10-37(11-15-40)58(77)73-25-18-34(19-26-73)30-72-23-20-36(21-24-72)49-43(63)28-42-55(54(49)66)71(2)70-57(42)74-27-22-47(75)69-59(74)78/h3-9,12-13,16-17,28-29,33-34,36-37,40,68H,10-11,14-15,18-27,30-32H2,1-2H3,(H2,67,76)(H,69,75,78). The number of fused-ring (bicyclic) bond motifs is 2. The molecule has 1 aliphatic carbocycles. The molecule has 2 unspecified atom stereocenters. The van der Waals surface area contributed by atoms with Crippen LogP contribution in [0.3, 0.4) is 0 Å². The summed E-state index contributed by atoms with van der Waals surface area (Å²) in [5, 5.41) is 10.1. The molecule has 11 rings (SSSR count). The minimum absolute atomic E-state index is 0.0183. The van der Waals surface area contributed by atoms with Gasteiger partial charge >= 0.3 is 6.03 Å². The maximum absolute atomic E-state index is 16.9. The first-order chi connectivity index (χ1) is 38.5. The van der Waals surface area contributed by atoms with Gasteiger partial charge in [-0.2, -0.15) is 5.10 Å². The first-order valence-corrected chi connectivity index (χ1v) is 27.8. The Hall–Kier alpha value is -7.09. The number of urea groups is 1. The Morgan fingerprint density at radius 1 is 0.838 bits per heavy atom. The molecule has 420 valence electrons. The van der Waals surface area contributed by atoms with Crippen LogP contribution in [0.1, 0.15) is 109 Å². The molecular weight excluding hydrogens is 1060 g/mol. The van der Waals surface area contributed by atoms with E-state index in [1.807, 2.05) is 42.2 Å². The van der Waals surface area contributed by atoms with Crippen molar-refractivity contribution >= 4 is 52.1 Å². The lowest BCUT2D eigenvalue weighted by Crippen LogP contribution is -2.49. The molecule has 6 aromatic rings. The van der Waals surface area contributed by atoms with Crippen LogP contribution in [0.2, 0.25) is 5.02 Å². The van der Waals surface area contributed by atoms with Gasteiger partial charge in [0.2, 0.25) is 17.7 Å². The number of nitrogens with one attached hydrogen (secondary N) is 2. The van der Waals surface area contributed by atoms with Crippen LogP contribution in [0.4, 0.5) is 32.6 Å². The number of piperidine rings is 2. The molecule has 5 aromatic carbocycles. The number of ether oxygens (including phenoxy) is 2. The van der Waals surface area contributed by atoms with E-state index in [-0.39, 0.29) is 100 Å². The molecule has 14 nitrogen and oxygen atoms in total. The van der Waals surface area contributed by atoms with Gasteiger partial charge in [0.25, 0.3) is 0 Å². The lowest BCUT2D eigenvalue weighted by atomic mass is 9.77. The summed E-state index contributed by atoms with van der Waals surface area (Å²) in [5.41, 5.74) is 5.91. The minimum Gasteiger partial charge on any atom is -0.486 e. The van der Waals surface area contributed by atoms with Gasteiger partial charge in [0, 0.05) is 92.4 Å². The molecule has 5 aliphatic rings. The van der Waals surface area contributed by atoms with E-state index in [2.05, 4.69) is 20.6 Å². The maximum Gasteiger partial charge on any atom is 0.329 e. The predicted octanol–water partition coefficient (Wildman–Crippen LogP) is 10.4. The van der Waals surface area contributed by atoms with Crippen LogP contribution in [-0.4, -0.2) is 95.2 Å². The average Bonchev–Trinajstić information content (AvgIpc) is 4.09. The number of nitrogens with two attached hydrogens (primary N) is 1. The van der Waals surface area contributed by atoms with Crippen LogP contribution in [0, 0.1) is 40.9 Å². The van der Waals surface area contributed by atoms with Crippen molar-refractivity contribution in [3.05, 3.63) is 141 Å². The summed E-state index contributed by atoms with van der Waals surface area (Å²) in [7, 11) is 1.56. The molecule has 3 saturated heterocycles. The molecule has 5 amide bonds. The summed E-state index contributed by atoms with van der Waals surface area (Å²) < 4.78 is 92.8. The van der Waals surface area contributed by atoms with Crippen LogP contribution < -0.4 is 30.7 Å². The fourth-order valence-corrected chi connectivity index (χ4v) is 13.2. The lowest BCUT2D eigenvalue weighted by Gasteiger charge is -2.40. The van der Waals surface area contributed by atoms with Crippen molar-refractivity contribution < 1.29 is 50.6 Å². The van der Waals surface area contributed by atoms with Crippen LogP contribution in [0.15, 0.2) is 78.9 Å². The zero-order chi connectivity index (χ0) is 56.1. The normalized spacial score (nSPS) is 22.1. The molecule has 0 radical (unpaired) electrons. The van der Waals surface area contributed by atoms with Gasteiger partial charge in [0.05, 0.1) is 16.0 Å². The number of anilines is 1. The van der Waals surface area contributed by atoms with Gasteiger partial charge in [0.15, 0.2) is 28.8 Å². The first-order valence-electron chi connectivity index (χ1n) is 27.5. The number of hydrogen-bond acceptors (Lipinski definition) is 9. The SMILES string of the molecule is CC1c2c(cc(F)c(Cl)c2-c2c(C(N)=O)ccc(OCc3ccc(F)cc3)c2F)OC1(CNC1CCC(C(=O)N2CCC(CN3CCC(c4c(F)cc5c(N6CCC(=O)NC6=O)nn(C)c5c4F)CC3)CC2)CC1)c1ccccc1. The van der Waals surface area contributed by atoms with Crippen molar-refractivity contribution in [3.8, 4) is 22.6 Å². The molecule has 4 fully saturated rings. The van der Waals surface area contributed by atoms with Crippen LogP contribution in [0.5, 0.6) is 11.5 Å². The Labute approximate surface area is 464 Å². The number of hydrogen-bond donors (Lipinski definition) is 3. The molecular formula is C60H62ClF5N8O6. The van der Waals surface area contributed by atoms with Crippen LogP contribution in [-0.2, 0) is 28.8 Å². The molecule has 0 bridgehead atoms. The second kappa shape index (κ2) is 22.4. The second-order valence-electron chi connectivity index (χ2n) is 22.1. The fourth-order valence-electron chi connectivity index (χ4n) is 13.0. The molecule has 4 aliphatic heterocycles. The quantitative estimate of drug-likeness (QED) is 0.0901. The fraction of sp³-hybridized carbons (Fsp3) is 0.417. The molecule has 20 heteroatoms. The van der Waals surface area contributed by atoms with Crippen molar-refractivity contribution in [2.45, 2.75) is 94.8 Å². The highest BCUT2D eigenvalue weighted by Gasteiger charge is 2.50. The topological polar surface area (TPSA) is 164 Å². The van der Waals surface area contributed by atoms with Gasteiger partial charge < -0.3 is 30.3 Å². The monoisotopic (exact) mass is 1120 g/mol. The van der Waals surface area contributed by atoms with E-state index < -0.39 is 63.5 Å². The Kier molecular flexibility index (Phi) is 15.4. The van der Waals surface area contributed by atoms with Gasteiger partial charge in [-0.15, -0.1) is 0 Å². The summed E-state index contributed by atoms with van der Waals surface area (Å²) in [4.78, 5) is 56.9. The molecule has 1 saturated carbocycles. The largest absolute Gasteiger partial charge is 0.486 e. The lowest BCUT2D eigenvalue weighted by molar-refractivity contribution is -0.138. The van der Waals surface area contributed by atoms with Crippen molar-refractivity contribution in [1.29, 1.82) is 0 Å². The van der Waals surface area contributed by atoms with Gasteiger partial charge in [-0.1, -0.05) is 61.0 Å². The first kappa shape index (κ1) is 54.8. The molecule has 1 aromatic heterocycles. The molecule has 0 spiro atoms. The second-order valence-corrected chi connectivity index (χ2v) is 22.5. The number of aromatic nitrogens is 2. The van der Waals surface area contributed by atoms with E-state index in [4.69, 9.17) is 26.8 Å². The average molecular weight is 1120 g/mol. The highest BCUT2D eigenvalue weighted by atomic mass is 35.5. The maximum atomic E-state index is 16.9. The Bertz CT molecular complexity index is 3380. The minimum atomic E-state index is -1.15. The number of likely N-dealkylation sites (tertiary alicyclic amines) is 2. The summed E-state index contributed by atoms with van der Waals surface area (Å²) in [6, 6.07) is 19.3. The number of primary amides is 1. The highest BCUT2D eigenvalue weighted by Crippen LogP contribution is 2.57. The highest BCUT2D eigenvalue weighted by molar-refractivity contribution is 6.34. The van der Waals surface area contributed by atoms with E-state index >= 15 is 17.6 Å². The number of amides is 5. The van der Waals surface area contributed by atoms with Crippen molar-refractivity contribution in [3.63, 3.8) is 0 Å². The number of aryl methyl sites for hydroxylation is 1. The number of imide groups is 1. The molecule has 4 N–H and O–H groups in total. The van der Waals surface area contributed by atoms with Crippen LogP contribution >= 0.6 is 11.6 Å². The number of carbonyl (C=O) groups excluding carboxylic acids is 4. The van der Waals surface area contributed by atoms with E-state index in [1.54, 1.807) is 7.05 Å². The van der Waals surface area contributed by atoms with Gasteiger partial charge in [-0.05, 0) is 118 Å². The predicted molar refractivity (Wildman–Crippen MR) is 291 cm³/mol. The zero-order valence-electron chi connectivity index (χ0n) is 44.4. The molecule has 5 heterocycles. The summed E-state index contributed by atoms with van der Waals surface area (Å²) in [6.07, 6.45) is 5.76. The summed E-state index contributed by atoms with van der Waals surface area (Å²) >= 11 is 6.80. The molecule has 80 heavy (non-hydrogen) atoms. The third kappa shape index (κ3) is 10.4. The van der Waals surface area contributed by atoms with Gasteiger partial charge in [0.1, 0.15) is 35.3 Å². The number of carbonyl (C=O) groups is 4. The van der Waals surface area contributed by atoms with E-state index in [0.29, 0.717) is 68.9 Å². The van der Waals surface area contributed by atoms with Crippen molar-refractivity contribution in [1.82, 2.24) is 30.2 Å². The number of rotatable bonds is 14.